The van der Waals surface area contributed by atoms with E-state index in [1.54, 1.807) is 0 Å². The van der Waals surface area contributed by atoms with Gasteiger partial charge in [-0.05, 0) is 49.3 Å². The van der Waals surface area contributed by atoms with Crippen molar-refractivity contribution in [3.63, 3.8) is 0 Å². The maximum absolute atomic E-state index is 13.2. The van der Waals surface area contributed by atoms with Crippen LogP contribution in [0.4, 0.5) is 4.39 Å². The molecule has 1 fully saturated rings. The fraction of sp³-hybridized carbons (Fsp3) is 0.600. The van der Waals surface area contributed by atoms with E-state index in [2.05, 4.69) is 13.8 Å². The van der Waals surface area contributed by atoms with Crippen LogP contribution in [0.25, 0.3) is 0 Å². The molecule has 0 bridgehead atoms. The molecule has 118 valence electrons. The molecule has 2 N–H and O–H groups in total. The van der Waals surface area contributed by atoms with Gasteiger partial charge in [-0.3, -0.25) is 0 Å². The highest BCUT2D eigenvalue weighted by Gasteiger charge is 2.39. The summed E-state index contributed by atoms with van der Waals surface area (Å²) < 4.78 is 38.8. The zero-order valence-electron chi connectivity index (χ0n) is 12.2. The molecule has 21 heavy (non-hydrogen) atoms. The highest BCUT2D eigenvalue weighted by molar-refractivity contribution is 7.92. The second-order valence-corrected chi connectivity index (χ2v) is 8.71. The van der Waals surface area contributed by atoms with Crippen molar-refractivity contribution < 1.29 is 12.8 Å². The predicted octanol–water partition coefficient (Wildman–Crippen LogP) is 3.40. The Balaban J connectivity index is 2.34. The molecular formula is C15H21ClFNO2S. The Kier molecular flexibility index (Phi) is 4.96. The van der Waals surface area contributed by atoms with E-state index >= 15 is 0 Å². The SMILES string of the molecule is CC(C)C1CCC(N)C(S(=O)(=O)c2ccc(F)c(Cl)c2)C1. The molecular weight excluding hydrogens is 313 g/mol. The van der Waals surface area contributed by atoms with Crippen LogP contribution < -0.4 is 5.73 Å². The van der Waals surface area contributed by atoms with Crippen LogP contribution in [0.5, 0.6) is 0 Å². The van der Waals surface area contributed by atoms with Gasteiger partial charge < -0.3 is 5.73 Å². The lowest BCUT2D eigenvalue weighted by molar-refractivity contribution is 0.261. The first-order chi connectivity index (χ1) is 9.73. The van der Waals surface area contributed by atoms with Gasteiger partial charge in [-0.2, -0.15) is 0 Å². The predicted molar refractivity (Wildman–Crippen MR) is 82.5 cm³/mol. The molecule has 1 aliphatic carbocycles. The Morgan fingerprint density at radius 2 is 2.00 bits per heavy atom. The number of benzene rings is 1. The van der Waals surface area contributed by atoms with Crippen LogP contribution in [0.3, 0.4) is 0 Å². The van der Waals surface area contributed by atoms with E-state index in [0.717, 1.165) is 12.5 Å². The lowest BCUT2D eigenvalue weighted by Gasteiger charge is -2.35. The average Bonchev–Trinajstić information content (AvgIpc) is 2.41. The van der Waals surface area contributed by atoms with Gasteiger partial charge in [-0.1, -0.05) is 25.4 Å². The van der Waals surface area contributed by atoms with E-state index in [9.17, 15) is 12.8 Å². The summed E-state index contributed by atoms with van der Waals surface area (Å²) in [5.41, 5.74) is 6.05. The minimum atomic E-state index is -3.59. The van der Waals surface area contributed by atoms with E-state index in [1.165, 1.54) is 12.1 Å². The maximum Gasteiger partial charge on any atom is 0.182 e. The van der Waals surface area contributed by atoms with Crippen LogP contribution in [-0.2, 0) is 9.84 Å². The first-order valence-corrected chi connectivity index (χ1v) is 9.10. The molecule has 6 heteroatoms. The molecule has 3 atom stereocenters. The van der Waals surface area contributed by atoms with E-state index in [1.807, 2.05) is 0 Å². The molecule has 0 aromatic heterocycles. The molecule has 0 heterocycles. The van der Waals surface area contributed by atoms with Crippen molar-refractivity contribution in [1.82, 2.24) is 0 Å². The molecule has 0 amide bonds. The number of hydrogen-bond acceptors (Lipinski definition) is 3. The second kappa shape index (κ2) is 6.23. The van der Waals surface area contributed by atoms with E-state index in [0.29, 0.717) is 24.7 Å². The number of sulfone groups is 1. The highest BCUT2D eigenvalue weighted by Crippen LogP contribution is 2.35. The van der Waals surface area contributed by atoms with Crippen LogP contribution in [0, 0.1) is 17.7 Å². The van der Waals surface area contributed by atoms with Crippen molar-refractivity contribution in [2.45, 2.75) is 49.3 Å². The number of rotatable bonds is 3. The summed E-state index contributed by atoms with van der Waals surface area (Å²) in [4.78, 5) is 0.0544. The van der Waals surface area contributed by atoms with Crippen molar-refractivity contribution in [3.05, 3.63) is 29.0 Å². The van der Waals surface area contributed by atoms with Gasteiger partial charge >= 0.3 is 0 Å². The van der Waals surface area contributed by atoms with Gasteiger partial charge in [-0.15, -0.1) is 0 Å². The Morgan fingerprint density at radius 3 is 2.57 bits per heavy atom. The molecule has 0 radical (unpaired) electrons. The summed E-state index contributed by atoms with van der Waals surface area (Å²) in [6.45, 7) is 4.19. The number of hydrogen-bond donors (Lipinski definition) is 1. The Labute approximate surface area is 130 Å². The van der Waals surface area contributed by atoms with Crippen molar-refractivity contribution in [1.29, 1.82) is 0 Å². The molecule has 1 aliphatic rings. The molecule has 1 saturated carbocycles. The Hall–Kier alpha value is -0.650. The number of halogens is 2. The molecule has 0 saturated heterocycles. The van der Waals surface area contributed by atoms with Crippen LogP contribution >= 0.6 is 11.6 Å². The van der Waals surface area contributed by atoms with Crippen LogP contribution in [0.15, 0.2) is 23.1 Å². The summed E-state index contributed by atoms with van der Waals surface area (Å²) >= 11 is 5.70. The third kappa shape index (κ3) is 3.41. The summed E-state index contributed by atoms with van der Waals surface area (Å²) in [5.74, 6) is 0.149. The van der Waals surface area contributed by atoms with E-state index < -0.39 is 20.9 Å². The molecule has 0 spiro atoms. The lowest BCUT2D eigenvalue weighted by Crippen LogP contribution is -2.46. The Morgan fingerprint density at radius 1 is 1.33 bits per heavy atom. The first kappa shape index (κ1) is 16.7. The van der Waals surface area contributed by atoms with Gasteiger partial charge in [0.2, 0.25) is 0 Å². The zero-order valence-corrected chi connectivity index (χ0v) is 13.8. The van der Waals surface area contributed by atoms with E-state index in [4.69, 9.17) is 17.3 Å². The summed E-state index contributed by atoms with van der Waals surface area (Å²) in [7, 11) is -3.59. The largest absolute Gasteiger partial charge is 0.327 e. The summed E-state index contributed by atoms with van der Waals surface area (Å²) in [6.07, 6.45) is 2.20. The maximum atomic E-state index is 13.2. The van der Waals surface area contributed by atoms with Gasteiger partial charge in [-0.25, -0.2) is 12.8 Å². The molecule has 3 nitrogen and oxygen atoms in total. The van der Waals surface area contributed by atoms with Gasteiger partial charge in [0.05, 0.1) is 15.2 Å². The topological polar surface area (TPSA) is 60.2 Å². The normalized spacial score (nSPS) is 27.0. The van der Waals surface area contributed by atoms with Crippen LogP contribution in [-0.4, -0.2) is 19.7 Å². The Bertz CT molecular complexity index is 618. The van der Waals surface area contributed by atoms with Crippen molar-refractivity contribution >= 4 is 21.4 Å². The molecule has 1 aromatic carbocycles. The van der Waals surface area contributed by atoms with Gasteiger partial charge in [0, 0.05) is 6.04 Å². The quantitative estimate of drug-likeness (QED) is 0.862. The lowest BCUT2D eigenvalue weighted by atomic mass is 9.79. The monoisotopic (exact) mass is 333 g/mol. The minimum absolute atomic E-state index is 0.0544. The number of nitrogens with two attached hydrogens (primary N) is 1. The zero-order chi connectivity index (χ0) is 15.8. The summed E-state index contributed by atoms with van der Waals surface area (Å²) in [6, 6.07) is 3.15. The molecule has 3 unspecified atom stereocenters. The smallest absolute Gasteiger partial charge is 0.182 e. The van der Waals surface area contributed by atoms with Crippen molar-refractivity contribution in [2.24, 2.45) is 17.6 Å². The first-order valence-electron chi connectivity index (χ1n) is 7.18. The van der Waals surface area contributed by atoms with Gasteiger partial charge in [0.15, 0.2) is 9.84 Å². The van der Waals surface area contributed by atoms with Gasteiger partial charge in [0.1, 0.15) is 5.82 Å². The third-order valence-corrected chi connectivity index (χ3v) is 6.98. The molecule has 0 aliphatic heterocycles. The standard InChI is InChI=1S/C15H21ClFNO2S/c1-9(2)10-3-6-14(18)15(7-10)21(19,20)11-4-5-13(17)12(16)8-11/h4-5,8-10,14-15H,3,6-7,18H2,1-2H3. The summed E-state index contributed by atoms with van der Waals surface area (Å²) in [5, 5.41) is -0.805. The molecule has 2 rings (SSSR count). The van der Waals surface area contributed by atoms with Gasteiger partial charge in [0.25, 0.3) is 0 Å². The van der Waals surface area contributed by atoms with Crippen LogP contribution in [0.2, 0.25) is 5.02 Å². The third-order valence-electron chi connectivity index (χ3n) is 4.44. The average molecular weight is 334 g/mol. The highest BCUT2D eigenvalue weighted by atomic mass is 35.5. The van der Waals surface area contributed by atoms with E-state index in [-0.39, 0.29) is 16.0 Å². The fourth-order valence-corrected chi connectivity index (χ4v) is 5.21. The van der Waals surface area contributed by atoms with Crippen molar-refractivity contribution in [2.75, 3.05) is 0 Å². The molecule has 1 aromatic rings. The fourth-order valence-electron chi connectivity index (χ4n) is 2.97. The van der Waals surface area contributed by atoms with Crippen molar-refractivity contribution in [3.8, 4) is 0 Å². The second-order valence-electron chi connectivity index (χ2n) is 6.14. The minimum Gasteiger partial charge on any atom is -0.327 e. The van der Waals surface area contributed by atoms with Crippen LogP contribution in [0.1, 0.15) is 33.1 Å².